The van der Waals surface area contributed by atoms with Crippen molar-refractivity contribution < 1.29 is 9.59 Å². The van der Waals surface area contributed by atoms with Crippen LogP contribution in [0.2, 0.25) is 0 Å². The minimum absolute atomic E-state index is 0.0220. The van der Waals surface area contributed by atoms with Crippen LogP contribution in [-0.4, -0.2) is 18.4 Å². The predicted octanol–water partition coefficient (Wildman–Crippen LogP) is 4.51. The van der Waals surface area contributed by atoms with E-state index in [4.69, 9.17) is 0 Å². The summed E-state index contributed by atoms with van der Waals surface area (Å²) in [5, 5.41) is 2.93. The monoisotopic (exact) mass is 356 g/mol. The van der Waals surface area contributed by atoms with Crippen LogP contribution in [0.15, 0.2) is 72.8 Å². The minimum atomic E-state index is -0.165. The number of nitrogens with zero attached hydrogens (tertiary/aromatic N) is 1. The molecule has 3 aromatic carbocycles. The molecule has 0 aliphatic carbocycles. The molecule has 1 aliphatic heterocycles. The Morgan fingerprint density at radius 2 is 1.59 bits per heavy atom. The van der Waals surface area contributed by atoms with Gasteiger partial charge in [0.15, 0.2) is 0 Å². The van der Waals surface area contributed by atoms with Crippen molar-refractivity contribution in [1.29, 1.82) is 0 Å². The van der Waals surface area contributed by atoms with Crippen LogP contribution >= 0.6 is 0 Å². The smallest absolute Gasteiger partial charge is 0.255 e. The van der Waals surface area contributed by atoms with Crippen LogP contribution in [0.5, 0.6) is 0 Å². The largest absolute Gasteiger partial charge is 0.322 e. The third kappa shape index (κ3) is 3.47. The average Bonchev–Trinajstić information content (AvgIpc) is 3.12. The minimum Gasteiger partial charge on any atom is -0.322 e. The van der Waals surface area contributed by atoms with Gasteiger partial charge in [-0.15, -0.1) is 0 Å². The van der Waals surface area contributed by atoms with Crippen LogP contribution in [0.4, 0.5) is 11.4 Å². The highest BCUT2D eigenvalue weighted by molar-refractivity contribution is 6.05. The number of anilines is 2. The molecule has 0 radical (unpaired) electrons. The van der Waals surface area contributed by atoms with Gasteiger partial charge in [-0.25, -0.2) is 0 Å². The molecule has 134 valence electrons. The van der Waals surface area contributed by atoms with E-state index in [9.17, 15) is 9.59 Å². The van der Waals surface area contributed by atoms with Gasteiger partial charge in [-0.3, -0.25) is 9.59 Å². The molecule has 4 heteroatoms. The van der Waals surface area contributed by atoms with E-state index in [1.54, 1.807) is 11.8 Å². The first-order valence-corrected chi connectivity index (χ1v) is 9.00. The zero-order valence-electron chi connectivity index (χ0n) is 15.1. The summed E-state index contributed by atoms with van der Waals surface area (Å²) in [5.74, 6) is -0.143. The number of carbonyl (C=O) groups excluding carboxylic acids is 2. The van der Waals surface area contributed by atoms with Gasteiger partial charge in [0, 0.05) is 30.4 Å². The van der Waals surface area contributed by atoms with Crippen LogP contribution in [0.3, 0.4) is 0 Å². The zero-order chi connectivity index (χ0) is 18.8. The highest BCUT2D eigenvalue weighted by Gasteiger charge is 2.22. The summed E-state index contributed by atoms with van der Waals surface area (Å²) in [5.41, 5.74) is 5.50. The number of fused-ring (bicyclic) bond motifs is 1. The van der Waals surface area contributed by atoms with Crippen LogP contribution < -0.4 is 10.2 Å². The summed E-state index contributed by atoms with van der Waals surface area (Å²) in [7, 11) is 0. The van der Waals surface area contributed by atoms with E-state index < -0.39 is 0 Å². The summed E-state index contributed by atoms with van der Waals surface area (Å²) in [4.78, 5) is 26.1. The topological polar surface area (TPSA) is 49.4 Å². The molecule has 0 unspecified atom stereocenters. The summed E-state index contributed by atoms with van der Waals surface area (Å²) < 4.78 is 0. The molecule has 1 heterocycles. The molecule has 0 bridgehead atoms. The highest BCUT2D eigenvalue weighted by Crippen LogP contribution is 2.31. The van der Waals surface area contributed by atoms with E-state index in [0.717, 1.165) is 28.8 Å². The molecule has 4 rings (SSSR count). The van der Waals surface area contributed by atoms with Gasteiger partial charge >= 0.3 is 0 Å². The molecule has 4 nitrogen and oxygen atoms in total. The highest BCUT2D eigenvalue weighted by atomic mass is 16.2. The van der Waals surface area contributed by atoms with Gasteiger partial charge in [0.05, 0.1) is 0 Å². The van der Waals surface area contributed by atoms with Crippen molar-refractivity contribution in [2.45, 2.75) is 13.3 Å². The van der Waals surface area contributed by atoms with Crippen molar-refractivity contribution in [3.05, 3.63) is 83.9 Å². The average molecular weight is 356 g/mol. The fourth-order valence-corrected chi connectivity index (χ4v) is 3.43. The normalized spacial score (nSPS) is 12.6. The van der Waals surface area contributed by atoms with Crippen LogP contribution in [-0.2, 0) is 11.2 Å². The first-order chi connectivity index (χ1) is 13.1. The fraction of sp³-hybridized carbons (Fsp3) is 0.130. The second kappa shape index (κ2) is 7.08. The third-order valence-electron chi connectivity index (χ3n) is 4.87. The molecular formula is C23H20N2O2. The van der Waals surface area contributed by atoms with Gasteiger partial charge in [0.25, 0.3) is 5.91 Å². The van der Waals surface area contributed by atoms with Crippen molar-refractivity contribution in [3.8, 4) is 11.1 Å². The van der Waals surface area contributed by atoms with Gasteiger partial charge in [-0.05, 0) is 47.4 Å². The van der Waals surface area contributed by atoms with Crippen molar-refractivity contribution in [1.82, 2.24) is 0 Å². The quantitative estimate of drug-likeness (QED) is 0.750. The van der Waals surface area contributed by atoms with E-state index in [1.807, 2.05) is 72.8 Å². The first-order valence-electron chi connectivity index (χ1n) is 9.00. The number of nitrogens with one attached hydrogen (secondary N) is 1. The van der Waals surface area contributed by atoms with Crippen molar-refractivity contribution >= 4 is 23.2 Å². The number of hydrogen-bond donors (Lipinski definition) is 1. The summed E-state index contributed by atoms with van der Waals surface area (Å²) >= 11 is 0. The predicted molar refractivity (Wildman–Crippen MR) is 108 cm³/mol. The van der Waals surface area contributed by atoms with E-state index in [-0.39, 0.29) is 11.8 Å². The molecule has 2 amide bonds. The van der Waals surface area contributed by atoms with Crippen molar-refractivity contribution in [2.24, 2.45) is 0 Å². The number of rotatable bonds is 3. The lowest BCUT2D eigenvalue weighted by Gasteiger charge is -2.16. The molecule has 0 spiro atoms. The number of hydrogen-bond acceptors (Lipinski definition) is 2. The Bertz CT molecular complexity index is 995. The summed E-state index contributed by atoms with van der Waals surface area (Å²) in [6.45, 7) is 2.26. The molecule has 0 fully saturated rings. The molecule has 0 atom stereocenters. The Kier molecular flexibility index (Phi) is 4.47. The number of benzene rings is 3. The lowest BCUT2D eigenvalue weighted by molar-refractivity contribution is -0.116. The molecule has 0 saturated heterocycles. The Morgan fingerprint density at radius 3 is 2.30 bits per heavy atom. The summed E-state index contributed by atoms with van der Waals surface area (Å²) in [6.07, 6.45) is 0.851. The van der Waals surface area contributed by atoms with E-state index in [0.29, 0.717) is 17.8 Å². The Balaban J connectivity index is 1.51. The molecule has 27 heavy (non-hydrogen) atoms. The summed E-state index contributed by atoms with van der Waals surface area (Å²) in [6, 6.07) is 23.3. The molecular weight excluding hydrogens is 336 g/mol. The molecule has 1 aliphatic rings. The van der Waals surface area contributed by atoms with Gasteiger partial charge in [-0.1, -0.05) is 48.5 Å². The van der Waals surface area contributed by atoms with E-state index in [2.05, 4.69) is 5.32 Å². The van der Waals surface area contributed by atoms with Crippen molar-refractivity contribution in [2.75, 3.05) is 16.8 Å². The van der Waals surface area contributed by atoms with Crippen LogP contribution in [0, 0.1) is 0 Å². The lowest BCUT2D eigenvalue weighted by atomic mass is 10.0. The zero-order valence-corrected chi connectivity index (χ0v) is 15.1. The van der Waals surface area contributed by atoms with Crippen molar-refractivity contribution in [3.63, 3.8) is 0 Å². The van der Waals surface area contributed by atoms with Gasteiger partial charge in [-0.2, -0.15) is 0 Å². The van der Waals surface area contributed by atoms with E-state index in [1.165, 1.54) is 0 Å². The van der Waals surface area contributed by atoms with E-state index >= 15 is 0 Å². The Morgan fingerprint density at radius 1 is 0.889 bits per heavy atom. The second-order valence-corrected chi connectivity index (χ2v) is 6.66. The number of carbonyl (C=O) groups is 2. The number of amides is 2. The van der Waals surface area contributed by atoms with Gasteiger partial charge in [0.1, 0.15) is 0 Å². The first kappa shape index (κ1) is 17.0. The molecule has 1 N–H and O–H groups in total. The van der Waals surface area contributed by atoms with Crippen LogP contribution in [0.1, 0.15) is 22.8 Å². The lowest BCUT2D eigenvalue weighted by Crippen LogP contribution is -2.25. The fourth-order valence-electron chi connectivity index (χ4n) is 3.43. The van der Waals surface area contributed by atoms with Gasteiger partial charge < -0.3 is 10.2 Å². The molecule has 0 saturated carbocycles. The van der Waals surface area contributed by atoms with Crippen LogP contribution in [0.25, 0.3) is 11.1 Å². The third-order valence-corrected chi connectivity index (χ3v) is 4.87. The Hall–Kier alpha value is -3.40. The Labute approximate surface area is 158 Å². The molecule has 3 aromatic rings. The standard InChI is InChI=1S/C23H20N2O2/c1-16(26)25-14-13-19-11-12-21(15-22(19)25)24-23(27)20-9-7-18(8-10-20)17-5-3-2-4-6-17/h2-12,15H,13-14H2,1H3,(H,24,27). The van der Waals surface area contributed by atoms with Gasteiger partial charge in [0.2, 0.25) is 5.91 Å². The maximum atomic E-state index is 12.6. The maximum Gasteiger partial charge on any atom is 0.255 e. The molecule has 0 aromatic heterocycles. The SMILES string of the molecule is CC(=O)N1CCc2ccc(NC(=O)c3ccc(-c4ccccc4)cc3)cc21. The maximum absolute atomic E-state index is 12.6. The second-order valence-electron chi connectivity index (χ2n) is 6.66.